The van der Waals surface area contributed by atoms with Crippen molar-refractivity contribution in [3.63, 3.8) is 0 Å². The minimum atomic E-state index is 0.618. The van der Waals surface area contributed by atoms with E-state index in [0.717, 1.165) is 36.8 Å². The summed E-state index contributed by atoms with van der Waals surface area (Å²) in [5, 5.41) is 18.9. The fourth-order valence-corrected chi connectivity index (χ4v) is 2.85. The average Bonchev–Trinajstić information content (AvgIpc) is 2.55. The summed E-state index contributed by atoms with van der Waals surface area (Å²) >= 11 is 0. The van der Waals surface area contributed by atoms with Crippen LogP contribution in [-0.2, 0) is 12.8 Å². The fourth-order valence-electron chi connectivity index (χ4n) is 2.85. The number of hydrogen-bond acceptors (Lipinski definition) is 2. The molecule has 0 atom stereocenters. The lowest BCUT2D eigenvalue weighted by Gasteiger charge is -2.10. The van der Waals surface area contributed by atoms with Gasteiger partial charge in [0.25, 0.3) is 0 Å². The smallest absolute Gasteiger partial charge is 0.101 e. The van der Waals surface area contributed by atoms with Gasteiger partial charge in [0.1, 0.15) is 12.1 Å². The van der Waals surface area contributed by atoms with E-state index in [1.54, 1.807) is 0 Å². The van der Waals surface area contributed by atoms with Crippen molar-refractivity contribution in [2.24, 2.45) is 0 Å². The summed E-state index contributed by atoms with van der Waals surface area (Å²) in [5.74, 6) is 0. The lowest BCUT2D eigenvalue weighted by atomic mass is 9.92. The minimum absolute atomic E-state index is 0.618. The first-order valence-corrected chi connectivity index (χ1v) is 8.73. The Kier molecular flexibility index (Phi) is 9.01. The van der Waals surface area contributed by atoms with Crippen molar-refractivity contribution in [1.29, 1.82) is 10.5 Å². The first kappa shape index (κ1) is 18.2. The Morgan fingerprint density at radius 1 is 0.682 bits per heavy atom. The quantitative estimate of drug-likeness (QED) is 0.522. The number of aryl methyl sites for hydroxylation is 2. The van der Waals surface area contributed by atoms with E-state index < -0.39 is 0 Å². The third-order valence-corrected chi connectivity index (χ3v) is 4.20. The van der Waals surface area contributed by atoms with Gasteiger partial charge in [0.05, 0.1) is 11.1 Å². The summed E-state index contributed by atoms with van der Waals surface area (Å²) < 4.78 is 0. The van der Waals surface area contributed by atoms with Crippen LogP contribution in [0.15, 0.2) is 12.1 Å². The van der Waals surface area contributed by atoms with E-state index in [-0.39, 0.29) is 0 Å². The Balaban J connectivity index is 2.81. The molecule has 1 rings (SSSR count). The predicted octanol–water partition coefficient (Wildman–Crippen LogP) is 5.68. The van der Waals surface area contributed by atoms with Crippen molar-refractivity contribution >= 4 is 0 Å². The van der Waals surface area contributed by atoms with Gasteiger partial charge in [-0.1, -0.05) is 64.5 Å². The number of nitrogens with zero attached hydrogens (tertiary/aromatic N) is 2. The second kappa shape index (κ2) is 10.9. The molecule has 0 aromatic heterocycles. The second-order valence-corrected chi connectivity index (χ2v) is 5.98. The molecule has 2 heteroatoms. The number of nitriles is 2. The first-order valence-electron chi connectivity index (χ1n) is 8.73. The van der Waals surface area contributed by atoms with Crippen LogP contribution >= 0.6 is 0 Å². The molecule has 0 aliphatic heterocycles. The molecular weight excluding hydrogens is 268 g/mol. The Hall–Kier alpha value is -1.80. The second-order valence-electron chi connectivity index (χ2n) is 5.98. The zero-order chi connectivity index (χ0) is 16.2. The van der Waals surface area contributed by atoms with Crippen molar-refractivity contribution in [3.8, 4) is 12.1 Å². The van der Waals surface area contributed by atoms with Crippen molar-refractivity contribution in [2.45, 2.75) is 78.1 Å². The van der Waals surface area contributed by atoms with E-state index in [2.05, 4.69) is 38.1 Å². The van der Waals surface area contributed by atoms with Gasteiger partial charge in [-0.3, -0.25) is 0 Å². The van der Waals surface area contributed by atoms with E-state index in [9.17, 15) is 10.5 Å². The van der Waals surface area contributed by atoms with Crippen LogP contribution in [0.5, 0.6) is 0 Å². The Labute approximate surface area is 135 Å². The van der Waals surface area contributed by atoms with Crippen molar-refractivity contribution < 1.29 is 0 Å². The van der Waals surface area contributed by atoms with Crippen molar-refractivity contribution in [2.75, 3.05) is 0 Å². The fraction of sp³-hybridized carbons (Fsp3) is 0.600. The molecule has 1 aromatic rings. The molecule has 0 saturated heterocycles. The maximum atomic E-state index is 9.47. The number of benzene rings is 1. The zero-order valence-electron chi connectivity index (χ0n) is 14.1. The van der Waals surface area contributed by atoms with Gasteiger partial charge in [-0.25, -0.2) is 0 Å². The van der Waals surface area contributed by atoms with Gasteiger partial charge in [0.15, 0.2) is 0 Å². The molecule has 0 saturated carbocycles. The predicted molar refractivity (Wildman–Crippen MR) is 91.6 cm³/mol. The Bertz CT molecular complexity index is 483. The van der Waals surface area contributed by atoms with Gasteiger partial charge >= 0.3 is 0 Å². The zero-order valence-corrected chi connectivity index (χ0v) is 14.1. The van der Waals surface area contributed by atoms with Crippen LogP contribution in [0.2, 0.25) is 0 Å². The molecule has 0 heterocycles. The summed E-state index contributed by atoms with van der Waals surface area (Å²) in [4.78, 5) is 0. The average molecular weight is 296 g/mol. The summed E-state index contributed by atoms with van der Waals surface area (Å²) in [6.45, 7) is 4.39. The third kappa shape index (κ3) is 5.53. The van der Waals surface area contributed by atoms with E-state index in [0.29, 0.717) is 11.1 Å². The molecule has 0 spiro atoms. The number of rotatable bonds is 10. The molecule has 0 amide bonds. The Morgan fingerprint density at radius 3 is 1.41 bits per heavy atom. The molecule has 1 aromatic carbocycles. The summed E-state index contributed by atoms with van der Waals surface area (Å²) in [6, 6.07) is 8.69. The Morgan fingerprint density at radius 2 is 1.09 bits per heavy atom. The first-order chi connectivity index (χ1) is 10.8. The topological polar surface area (TPSA) is 47.6 Å². The van der Waals surface area contributed by atoms with Crippen LogP contribution in [0.4, 0.5) is 0 Å². The largest absolute Gasteiger partial charge is 0.192 e. The highest BCUT2D eigenvalue weighted by atomic mass is 14.3. The lowest BCUT2D eigenvalue weighted by Crippen LogP contribution is -2.00. The maximum absolute atomic E-state index is 9.47. The van der Waals surface area contributed by atoms with Crippen LogP contribution < -0.4 is 0 Å². The SMILES string of the molecule is CCCCCCc1ccc(CCCCCC)c(C#N)c1C#N. The molecular formula is C20H28N2. The molecule has 0 bridgehead atoms. The van der Waals surface area contributed by atoms with Crippen LogP contribution in [0.3, 0.4) is 0 Å². The van der Waals surface area contributed by atoms with Gasteiger partial charge in [-0.15, -0.1) is 0 Å². The van der Waals surface area contributed by atoms with Crippen LogP contribution in [0.1, 0.15) is 87.5 Å². The molecule has 0 fully saturated rings. The highest BCUT2D eigenvalue weighted by molar-refractivity contribution is 5.54. The normalized spacial score (nSPS) is 10.2. The van der Waals surface area contributed by atoms with Crippen LogP contribution in [0.25, 0.3) is 0 Å². The van der Waals surface area contributed by atoms with Gasteiger partial charge in [0, 0.05) is 0 Å². The summed E-state index contributed by atoms with van der Waals surface area (Å²) in [7, 11) is 0. The molecule has 0 radical (unpaired) electrons. The number of hydrogen-bond donors (Lipinski definition) is 0. The number of unbranched alkanes of at least 4 members (excludes halogenated alkanes) is 6. The highest BCUT2D eigenvalue weighted by Gasteiger charge is 2.12. The standard InChI is InChI=1S/C20H28N2/c1-3-5-7-9-11-17-13-14-18(12-10-8-6-4-2)20(16-22)19(17)15-21/h13-14H,3-12H2,1-2H3. The van der Waals surface area contributed by atoms with Gasteiger partial charge in [-0.2, -0.15) is 10.5 Å². The maximum Gasteiger partial charge on any atom is 0.101 e. The summed E-state index contributed by atoms with van der Waals surface area (Å²) in [6.07, 6.45) is 11.3. The summed E-state index contributed by atoms with van der Waals surface area (Å²) in [5.41, 5.74) is 3.33. The van der Waals surface area contributed by atoms with Crippen molar-refractivity contribution in [3.05, 3.63) is 34.4 Å². The van der Waals surface area contributed by atoms with E-state index >= 15 is 0 Å². The van der Waals surface area contributed by atoms with Crippen LogP contribution in [0, 0.1) is 22.7 Å². The minimum Gasteiger partial charge on any atom is -0.192 e. The molecule has 2 nitrogen and oxygen atoms in total. The third-order valence-electron chi connectivity index (χ3n) is 4.20. The lowest BCUT2D eigenvalue weighted by molar-refractivity contribution is 0.662. The monoisotopic (exact) mass is 296 g/mol. The highest BCUT2D eigenvalue weighted by Crippen LogP contribution is 2.22. The molecule has 0 aliphatic rings. The van der Waals surface area contributed by atoms with E-state index in [1.807, 2.05) is 0 Å². The molecule has 0 aliphatic carbocycles. The molecule has 118 valence electrons. The van der Waals surface area contributed by atoms with Gasteiger partial charge < -0.3 is 0 Å². The van der Waals surface area contributed by atoms with Gasteiger partial charge in [-0.05, 0) is 36.8 Å². The molecule has 0 unspecified atom stereocenters. The van der Waals surface area contributed by atoms with Gasteiger partial charge in [0.2, 0.25) is 0 Å². The van der Waals surface area contributed by atoms with Crippen molar-refractivity contribution in [1.82, 2.24) is 0 Å². The molecule has 22 heavy (non-hydrogen) atoms. The molecule has 0 N–H and O–H groups in total. The van der Waals surface area contributed by atoms with E-state index in [1.165, 1.54) is 38.5 Å². The van der Waals surface area contributed by atoms with Crippen LogP contribution in [-0.4, -0.2) is 0 Å². The van der Waals surface area contributed by atoms with E-state index in [4.69, 9.17) is 0 Å².